The van der Waals surface area contributed by atoms with Gasteiger partial charge in [0.1, 0.15) is 0 Å². The molecule has 7 heteroatoms. The van der Waals surface area contributed by atoms with Crippen molar-refractivity contribution in [3.8, 4) is 17.1 Å². The number of hydrogen-bond acceptors (Lipinski definition) is 5. The molecule has 0 saturated carbocycles. The third-order valence-corrected chi connectivity index (χ3v) is 5.34. The largest absolute Gasteiger partial charge is 0.450 e. The highest BCUT2D eigenvalue weighted by atomic mass is 16.5. The van der Waals surface area contributed by atoms with Gasteiger partial charge in [-0.1, -0.05) is 66.7 Å². The number of para-hydroxylation sites is 2. The molecule has 3 aromatic carbocycles. The van der Waals surface area contributed by atoms with E-state index in [4.69, 9.17) is 4.74 Å². The summed E-state index contributed by atoms with van der Waals surface area (Å²) in [5, 5.41) is 4.37. The highest BCUT2D eigenvalue weighted by Crippen LogP contribution is 2.27. The van der Waals surface area contributed by atoms with Crippen molar-refractivity contribution in [1.82, 2.24) is 14.8 Å². The number of rotatable bonds is 5. The zero-order chi connectivity index (χ0) is 21.9. The fourth-order valence-corrected chi connectivity index (χ4v) is 3.79. The average Bonchev–Trinajstić information content (AvgIpc) is 3.49. The van der Waals surface area contributed by atoms with E-state index in [-0.39, 0.29) is 18.3 Å². The number of amides is 1. The monoisotopic (exact) mass is 424 g/mol. The summed E-state index contributed by atoms with van der Waals surface area (Å²) in [5.41, 5.74) is 3.56. The summed E-state index contributed by atoms with van der Waals surface area (Å²) < 4.78 is 6.89. The summed E-state index contributed by atoms with van der Waals surface area (Å²) in [7, 11) is 0. The van der Waals surface area contributed by atoms with Gasteiger partial charge in [-0.15, -0.1) is 5.10 Å². The summed E-state index contributed by atoms with van der Waals surface area (Å²) in [6.07, 6.45) is 0.791. The van der Waals surface area contributed by atoms with Crippen LogP contribution >= 0.6 is 0 Å². The van der Waals surface area contributed by atoms with Gasteiger partial charge in [0.25, 0.3) is 11.7 Å². The first-order chi connectivity index (χ1) is 15.7. The number of hydrogen-bond donors (Lipinski definition) is 0. The van der Waals surface area contributed by atoms with Crippen LogP contribution in [0.4, 0.5) is 5.69 Å². The van der Waals surface area contributed by atoms with Crippen LogP contribution < -0.4 is 4.90 Å². The van der Waals surface area contributed by atoms with Crippen molar-refractivity contribution >= 4 is 17.6 Å². The Morgan fingerprint density at radius 2 is 1.56 bits per heavy atom. The number of ether oxygens (including phenoxy) is 1. The van der Waals surface area contributed by atoms with Crippen LogP contribution in [0, 0.1) is 0 Å². The molecule has 0 radical (unpaired) electrons. The Bertz CT molecular complexity index is 1210. The highest BCUT2D eigenvalue weighted by Gasteiger charge is 2.26. The third-order valence-electron chi connectivity index (χ3n) is 5.34. The number of fused-ring (bicyclic) bond motifs is 1. The summed E-state index contributed by atoms with van der Waals surface area (Å²) in [6, 6.07) is 26.7. The van der Waals surface area contributed by atoms with Gasteiger partial charge in [-0.2, -0.15) is 0 Å². The van der Waals surface area contributed by atoms with Crippen molar-refractivity contribution < 1.29 is 14.3 Å². The SMILES string of the molecule is O=C(OCC(=O)N1CCc2ccccc21)c1nc(-c2ccccc2)n(-c2ccccc2)n1. The average molecular weight is 424 g/mol. The first kappa shape index (κ1) is 19.7. The number of carbonyl (C=O) groups is 2. The Labute approximate surface area is 184 Å². The number of nitrogens with zero attached hydrogens (tertiary/aromatic N) is 4. The van der Waals surface area contributed by atoms with Crippen molar-refractivity contribution in [2.45, 2.75) is 6.42 Å². The lowest BCUT2D eigenvalue weighted by molar-refractivity contribution is -0.121. The van der Waals surface area contributed by atoms with E-state index in [1.54, 1.807) is 9.58 Å². The summed E-state index contributed by atoms with van der Waals surface area (Å²) in [5.74, 6) is -0.586. The number of carbonyl (C=O) groups excluding carboxylic acids is 2. The van der Waals surface area contributed by atoms with Crippen molar-refractivity contribution in [2.75, 3.05) is 18.1 Å². The molecule has 32 heavy (non-hydrogen) atoms. The van der Waals surface area contributed by atoms with E-state index < -0.39 is 5.97 Å². The molecule has 1 aromatic heterocycles. The molecule has 4 aromatic rings. The van der Waals surface area contributed by atoms with Gasteiger partial charge in [0.2, 0.25) is 0 Å². The molecular formula is C25H20N4O3. The minimum absolute atomic E-state index is 0.0951. The van der Waals surface area contributed by atoms with Gasteiger partial charge < -0.3 is 9.64 Å². The fourth-order valence-electron chi connectivity index (χ4n) is 3.79. The highest BCUT2D eigenvalue weighted by molar-refractivity contribution is 5.98. The van der Waals surface area contributed by atoms with Crippen molar-refractivity contribution in [3.63, 3.8) is 0 Å². The van der Waals surface area contributed by atoms with Crippen molar-refractivity contribution in [3.05, 3.63) is 96.3 Å². The maximum atomic E-state index is 12.7. The van der Waals surface area contributed by atoms with Crippen LogP contribution in [-0.2, 0) is 16.0 Å². The van der Waals surface area contributed by atoms with Gasteiger partial charge >= 0.3 is 5.97 Å². The lowest BCUT2D eigenvalue weighted by Gasteiger charge is -2.16. The fraction of sp³-hybridized carbons (Fsp3) is 0.120. The third kappa shape index (κ3) is 3.76. The van der Waals surface area contributed by atoms with E-state index in [1.165, 1.54) is 0 Å². The predicted octanol–water partition coefficient (Wildman–Crippen LogP) is 3.68. The molecule has 0 fully saturated rings. The standard InChI is InChI=1S/C25H20N4O3/c30-22(28-16-15-18-9-7-8-14-21(18)28)17-32-25(31)23-26-24(19-10-3-1-4-11-19)29(27-23)20-12-5-2-6-13-20/h1-14H,15-17H2. The van der Waals surface area contributed by atoms with Crippen LogP contribution in [-0.4, -0.2) is 39.8 Å². The number of aromatic nitrogens is 3. The first-order valence-corrected chi connectivity index (χ1v) is 10.3. The molecule has 158 valence electrons. The minimum atomic E-state index is -0.738. The summed E-state index contributed by atoms with van der Waals surface area (Å²) in [4.78, 5) is 31.4. The lowest BCUT2D eigenvalue weighted by Crippen LogP contribution is -2.33. The van der Waals surface area contributed by atoms with Crippen LogP contribution in [0.15, 0.2) is 84.9 Å². The Kier molecular flexibility index (Phi) is 5.21. The number of esters is 1. The Hall–Kier alpha value is -4.26. The second-order valence-corrected chi connectivity index (χ2v) is 7.37. The van der Waals surface area contributed by atoms with Crippen LogP contribution in [0.25, 0.3) is 17.1 Å². The predicted molar refractivity (Wildman–Crippen MR) is 120 cm³/mol. The molecule has 0 spiro atoms. The van der Waals surface area contributed by atoms with Crippen molar-refractivity contribution in [2.24, 2.45) is 0 Å². The molecule has 1 aliphatic rings. The first-order valence-electron chi connectivity index (χ1n) is 10.3. The maximum absolute atomic E-state index is 12.7. The molecule has 7 nitrogen and oxygen atoms in total. The zero-order valence-corrected chi connectivity index (χ0v) is 17.2. The van der Waals surface area contributed by atoms with Crippen LogP contribution in [0.3, 0.4) is 0 Å². The molecule has 1 amide bonds. The lowest BCUT2D eigenvalue weighted by atomic mass is 10.2. The van der Waals surface area contributed by atoms with Crippen LogP contribution in [0.1, 0.15) is 16.2 Å². The van der Waals surface area contributed by atoms with E-state index in [1.807, 2.05) is 84.9 Å². The smallest absolute Gasteiger partial charge is 0.378 e. The molecule has 1 aliphatic heterocycles. The molecule has 2 heterocycles. The van der Waals surface area contributed by atoms with Gasteiger partial charge in [-0.05, 0) is 30.2 Å². The van der Waals surface area contributed by atoms with E-state index >= 15 is 0 Å². The van der Waals surface area contributed by atoms with Gasteiger partial charge in [-0.3, -0.25) is 4.79 Å². The topological polar surface area (TPSA) is 77.3 Å². The minimum Gasteiger partial charge on any atom is -0.450 e. The quantitative estimate of drug-likeness (QED) is 0.457. The normalized spacial score (nSPS) is 12.4. The molecular weight excluding hydrogens is 404 g/mol. The van der Waals surface area contributed by atoms with E-state index in [9.17, 15) is 9.59 Å². The molecule has 0 bridgehead atoms. The molecule has 5 rings (SSSR count). The Morgan fingerprint density at radius 3 is 2.34 bits per heavy atom. The summed E-state index contributed by atoms with van der Waals surface area (Å²) in [6.45, 7) is 0.211. The Balaban J connectivity index is 1.36. The van der Waals surface area contributed by atoms with Gasteiger partial charge in [0.05, 0.1) is 5.69 Å². The zero-order valence-electron chi connectivity index (χ0n) is 17.2. The van der Waals surface area contributed by atoms with E-state index in [0.717, 1.165) is 28.9 Å². The maximum Gasteiger partial charge on any atom is 0.378 e. The molecule has 0 N–H and O–H groups in total. The van der Waals surface area contributed by atoms with E-state index in [0.29, 0.717) is 12.4 Å². The van der Waals surface area contributed by atoms with Crippen LogP contribution in [0.2, 0.25) is 0 Å². The Morgan fingerprint density at radius 1 is 0.875 bits per heavy atom. The van der Waals surface area contributed by atoms with Gasteiger partial charge in [-0.25, -0.2) is 14.5 Å². The molecule has 0 saturated heterocycles. The molecule has 0 aliphatic carbocycles. The molecule has 0 atom stereocenters. The van der Waals surface area contributed by atoms with Crippen LogP contribution in [0.5, 0.6) is 0 Å². The summed E-state index contributed by atoms with van der Waals surface area (Å²) >= 11 is 0. The second kappa shape index (κ2) is 8.47. The van der Waals surface area contributed by atoms with Gasteiger partial charge in [0, 0.05) is 17.8 Å². The van der Waals surface area contributed by atoms with E-state index in [2.05, 4.69) is 10.1 Å². The van der Waals surface area contributed by atoms with Gasteiger partial charge in [0.15, 0.2) is 12.4 Å². The van der Waals surface area contributed by atoms with Crippen molar-refractivity contribution in [1.29, 1.82) is 0 Å². The number of benzene rings is 3. The number of anilines is 1. The second-order valence-electron chi connectivity index (χ2n) is 7.37. The molecule has 0 unspecified atom stereocenters.